The van der Waals surface area contributed by atoms with Crippen LogP contribution in [0.1, 0.15) is 21.5 Å². The monoisotopic (exact) mass is 316 g/mol. The summed E-state index contributed by atoms with van der Waals surface area (Å²) >= 11 is 5.90. The van der Waals surface area contributed by atoms with Crippen molar-refractivity contribution in [2.24, 2.45) is 0 Å². The normalized spacial score (nSPS) is 10.1. The molecule has 2 aromatic carbocycles. The van der Waals surface area contributed by atoms with Crippen LogP contribution in [0.25, 0.3) is 0 Å². The van der Waals surface area contributed by atoms with Crippen molar-refractivity contribution in [3.63, 3.8) is 0 Å². The van der Waals surface area contributed by atoms with E-state index in [4.69, 9.17) is 11.6 Å². The topological polar surface area (TPSA) is 58.2 Å². The minimum atomic E-state index is -0.299. The van der Waals surface area contributed by atoms with E-state index in [1.165, 1.54) is 0 Å². The first-order chi connectivity index (χ1) is 10.5. The number of anilines is 1. The lowest BCUT2D eigenvalue weighted by Gasteiger charge is -2.10. The van der Waals surface area contributed by atoms with Crippen LogP contribution in [0.5, 0.6) is 0 Å². The molecule has 114 valence electrons. The van der Waals surface area contributed by atoms with E-state index in [1.807, 2.05) is 32.0 Å². The maximum atomic E-state index is 12.0. The van der Waals surface area contributed by atoms with Crippen molar-refractivity contribution in [1.82, 2.24) is 5.32 Å². The number of halogens is 1. The zero-order chi connectivity index (χ0) is 16.1. The van der Waals surface area contributed by atoms with Crippen LogP contribution in [-0.2, 0) is 4.79 Å². The summed E-state index contributed by atoms with van der Waals surface area (Å²) in [5, 5.41) is 5.89. The van der Waals surface area contributed by atoms with Gasteiger partial charge in [0.1, 0.15) is 0 Å². The summed E-state index contributed by atoms with van der Waals surface area (Å²) in [5.41, 5.74) is 2.98. The van der Waals surface area contributed by atoms with Gasteiger partial charge in [0.25, 0.3) is 5.91 Å². The highest BCUT2D eigenvalue weighted by atomic mass is 35.5. The molecule has 0 spiro atoms. The third-order valence-corrected chi connectivity index (χ3v) is 3.51. The lowest BCUT2D eigenvalue weighted by Crippen LogP contribution is -2.33. The number of hydrogen-bond donors (Lipinski definition) is 2. The van der Waals surface area contributed by atoms with Gasteiger partial charge in [0, 0.05) is 16.3 Å². The number of rotatable bonds is 4. The van der Waals surface area contributed by atoms with Crippen LogP contribution in [0.3, 0.4) is 0 Å². The Labute approximate surface area is 134 Å². The van der Waals surface area contributed by atoms with Crippen LogP contribution < -0.4 is 10.6 Å². The van der Waals surface area contributed by atoms with E-state index in [-0.39, 0.29) is 18.4 Å². The SMILES string of the molecule is Cc1ccc(Cl)cc1NC(=O)CNC(=O)c1ccccc1C. The quantitative estimate of drug-likeness (QED) is 0.909. The molecule has 5 heteroatoms. The van der Waals surface area contributed by atoms with E-state index in [2.05, 4.69) is 10.6 Å². The molecule has 2 amide bonds. The molecule has 0 fully saturated rings. The fraction of sp³-hybridized carbons (Fsp3) is 0.176. The second-order valence-corrected chi connectivity index (χ2v) is 5.44. The summed E-state index contributed by atoms with van der Waals surface area (Å²) in [5.74, 6) is -0.566. The standard InChI is InChI=1S/C17H17ClN2O2/c1-11-5-3-4-6-14(11)17(22)19-10-16(21)20-15-9-13(18)8-7-12(15)2/h3-9H,10H2,1-2H3,(H,19,22)(H,20,21). The third-order valence-electron chi connectivity index (χ3n) is 3.27. The van der Waals surface area contributed by atoms with Crippen LogP contribution in [-0.4, -0.2) is 18.4 Å². The number of carbonyl (C=O) groups excluding carboxylic acids is 2. The molecular formula is C17H17ClN2O2. The van der Waals surface area contributed by atoms with Gasteiger partial charge in [-0.15, -0.1) is 0 Å². The Bertz CT molecular complexity index is 714. The van der Waals surface area contributed by atoms with Crippen molar-refractivity contribution in [3.05, 3.63) is 64.2 Å². The van der Waals surface area contributed by atoms with Gasteiger partial charge in [-0.3, -0.25) is 9.59 Å². The Morgan fingerprint density at radius 3 is 2.50 bits per heavy atom. The second-order valence-electron chi connectivity index (χ2n) is 5.01. The first-order valence-electron chi connectivity index (χ1n) is 6.87. The molecule has 0 atom stereocenters. The van der Waals surface area contributed by atoms with Gasteiger partial charge in [-0.2, -0.15) is 0 Å². The minimum absolute atomic E-state index is 0.0981. The zero-order valence-corrected chi connectivity index (χ0v) is 13.2. The smallest absolute Gasteiger partial charge is 0.251 e. The van der Waals surface area contributed by atoms with Gasteiger partial charge in [-0.25, -0.2) is 0 Å². The molecule has 0 aliphatic rings. The van der Waals surface area contributed by atoms with Gasteiger partial charge >= 0.3 is 0 Å². The molecule has 0 unspecified atom stereocenters. The highest BCUT2D eigenvalue weighted by molar-refractivity contribution is 6.31. The zero-order valence-electron chi connectivity index (χ0n) is 12.4. The Kier molecular flexibility index (Phi) is 5.17. The van der Waals surface area contributed by atoms with Gasteiger partial charge in [0.05, 0.1) is 6.54 Å². The molecule has 0 bridgehead atoms. The van der Waals surface area contributed by atoms with E-state index < -0.39 is 0 Å². The molecule has 0 saturated heterocycles. The Morgan fingerprint density at radius 1 is 1.05 bits per heavy atom. The van der Waals surface area contributed by atoms with E-state index in [9.17, 15) is 9.59 Å². The van der Waals surface area contributed by atoms with E-state index in [0.29, 0.717) is 16.3 Å². The van der Waals surface area contributed by atoms with Crippen molar-refractivity contribution in [2.45, 2.75) is 13.8 Å². The van der Waals surface area contributed by atoms with Gasteiger partial charge in [-0.1, -0.05) is 35.9 Å². The summed E-state index contributed by atoms with van der Waals surface area (Å²) in [4.78, 5) is 24.0. The lowest BCUT2D eigenvalue weighted by atomic mass is 10.1. The fourth-order valence-electron chi connectivity index (χ4n) is 2.01. The highest BCUT2D eigenvalue weighted by Crippen LogP contribution is 2.19. The average Bonchev–Trinajstić information content (AvgIpc) is 2.49. The summed E-state index contributed by atoms with van der Waals surface area (Å²) in [7, 11) is 0. The number of nitrogens with one attached hydrogen (secondary N) is 2. The molecular weight excluding hydrogens is 300 g/mol. The van der Waals surface area contributed by atoms with Crippen LogP contribution in [0, 0.1) is 13.8 Å². The number of benzene rings is 2. The molecule has 0 aromatic heterocycles. The predicted octanol–water partition coefficient (Wildman–Crippen LogP) is 3.33. The maximum Gasteiger partial charge on any atom is 0.251 e. The second kappa shape index (κ2) is 7.09. The molecule has 2 aromatic rings. The number of carbonyl (C=O) groups is 2. The molecule has 0 aliphatic heterocycles. The summed E-state index contributed by atoms with van der Waals surface area (Å²) < 4.78 is 0. The van der Waals surface area contributed by atoms with Gasteiger partial charge in [-0.05, 0) is 43.2 Å². The Balaban J connectivity index is 1.94. The molecule has 0 saturated carbocycles. The van der Waals surface area contributed by atoms with Crippen molar-refractivity contribution in [2.75, 3.05) is 11.9 Å². The molecule has 0 heterocycles. The Hall–Kier alpha value is -2.33. The predicted molar refractivity (Wildman–Crippen MR) is 88.3 cm³/mol. The minimum Gasteiger partial charge on any atom is -0.343 e. The van der Waals surface area contributed by atoms with Crippen LogP contribution in [0.15, 0.2) is 42.5 Å². The number of amides is 2. The van der Waals surface area contributed by atoms with Crippen LogP contribution in [0.2, 0.25) is 5.02 Å². The summed E-state index contributed by atoms with van der Waals surface area (Å²) in [6.45, 7) is 3.63. The largest absolute Gasteiger partial charge is 0.343 e. The third kappa shape index (κ3) is 4.09. The fourth-order valence-corrected chi connectivity index (χ4v) is 2.18. The van der Waals surface area contributed by atoms with Crippen molar-refractivity contribution < 1.29 is 9.59 Å². The highest BCUT2D eigenvalue weighted by Gasteiger charge is 2.10. The van der Waals surface area contributed by atoms with Crippen LogP contribution >= 0.6 is 11.6 Å². The summed E-state index contributed by atoms with van der Waals surface area (Å²) in [6.07, 6.45) is 0. The molecule has 2 rings (SSSR count). The molecule has 0 radical (unpaired) electrons. The molecule has 2 N–H and O–H groups in total. The number of hydrogen-bond acceptors (Lipinski definition) is 2. The molecule has 22 heavy (non-hydrogen) atoms. The lowest BCUT2D eigenvalue weighted by molar-refractivity contribution is -0.115. The van der Waals surface area contributed by atoms with Crippen molar-refractivity contribution in [1.29, 1.82) is 0 Å². The van der Waals surface area contributed by atoms with E-state index >= 15 is 0 Å². The number of aryl methyl sites for hydroxylation is 2. The van der Waals surface area contributed by atoms with Crippen molar-refractivity contribution in [3.8, 4) is 0 Å². The molecule has 4 nitrogen and oxygen atoms in total. The Morgan fingerprint density at radius 2 is 1.77 bits per heavy atom. The molecule has 0 aliphatic carbocycles. The van der Waals surface area contributed by atoms with Crippen molar-refractivity contribution >= 4 is 29.1 Å². The first-order valence-corrected chi connectivity index (χ1v) is 7.25. The van der Waals surface area contributed by atoms with Gasteiger partial charge in [0.2, 0.25) is 5.91 Å². The van der Waals surface area contributed by atoms with Gasteiger partial charge < -0.3 is 10.6 Å². The average molecular weight is 317 g/mol. The van der Waals surface area contributed by atoms with E-state index in [1.54, 1.807) is 24.3 Å². The first kappa shape index (κ1) is 16.0. The maximum absolute atomic E-state index is 12.0. The van der Waals surface area contributed by atoms with Crippen LogP contribution in [0.4, 0.5) is 5.69 Å². The van der Waals surface area contributed by atoms with E-state index in [0.717, 1.165) is 11.1 Å². The summed E-state index contributed by atoms with van der Waals surface area (Å²) in [6, 6.07) is 12.5. The van der Waals surface area contributed by atoms with Gasteiger partial charge in [0.15, 0.2) is 0 Å².